The van der Waals surface area contributed by atoms with Crippen molar-refractivity contribution in [1.82, 2.24) is 0 Å². The molecule has 0 spiro atoms. The zero-order chi connectivity index (χ0) is 22.9. The second-order valence-electron chi connectivity index (χ2n) is 10.8. The topological polar surface area (TPSA) is 0 Å². The Labute approximate surface area is 190 Å². The average Bonchev–Trinajstić information content (AvgIpc) is 2.71. The summed E-state index contributed by atoms with van der Waals surface area (Å²) in [6.45, 7) is 27.4. The van der Waals surface area contributed by atoms with Gasteiger partial charge >= 0.3 is 190 Å². The van der Waals surface area contributed by atoms with Crippen LogP contribution in [0.3, 0.4) is 0 Å². The van der Waals surface area contributed by atoms with Gasteiger partial charge in [0, 0.05) is 0 Å². The fourth-order valence-electron chi connectivity index (χ4n) is 5.15. The summed E-state index contributed by atoms with van der Waals surface area (Å²) in [4.78, 5) is 0. The van der Waals surface area contributed by atoms with Crippen LogP contribution in [0.4, 0.5) is 0 Å². The van der Waals surface area contributed by atoms with Gasteiger partial charge in [-0.1, -0.05) is 0 Å². The predicted octanol–water partition coefficient (Wildman–Crippen LogP) is 6.39. The van der Waals surface area contributed by atoms with E-state index in [0.29, 0.717) is 0 Å². The third-order valence-corrected chi connectivity index (χ3v) is 23.9. The molecule has 0 heterocycles. The van der Waals surface area contributed by atoms with Gasteiger partial charge in [-0.15, -0.1) is 0 Å². The Hall–Kier alpha value is -0.270. The molecule has 0 aliphatic heterocycles. The molecular weight excluding hydrogens is 417 g/mol. The zero-order valence-electron chi connectivity index (χ0n) is 21.4. The van der Waals surface area contributed by atoms with Crippen molar-refractivity contribution in [1.29, 1.82) is 0 Å². The van der Waals surface area contributed by atoms with Crippen molar-refractivity contribution in [3.8, 4) is 0 Å². The predicted molar refractivity (Wildman–Crippen MR) is 153 cm³/mol. The van der Waals surface area contributed by atoms with Crippen LogP contribution < -0.4 is 21.2 Å². The van der Waals surface area contributed by atoms with Gasteiger partial charge in [0.15, 0.2) is 0 Å². The SMILES string of the molecule is CC(C)[PH](C)(c1ccccc1P(C)c1ccccc1[PH](C)(C(C)C)C(C)C)C(C)C. The normalized spacial score (nSPS) is 15.3. The van der Waals surface area contributed by atoms with Crippen LogP contribution in [-0.2, 0) is 0 Å². The average molecular weight is 465 g/mol. The molecule has 0 nitrogen and oxygen atoms in total. The molecule has 0 aliphatic carbocycles. The van der Waals surface area contributed by atoms with Crippen LogP contribution in [-0.4, -0.2) is 42.6 Å². The van der Waals surface area contributed by atoms with Gasteiger partial charge in [-0.25, -0.2) is 0 Å². The van der Waals surface area contributed by atoms with Crippen LogP contribution in [0.1, 0.15) is 55.4 Å². The molecule has 0 bridgehead atoms. The quantitative estimate of drug-likeness (QED) is 0.397. The Morgan fingerprint density at radius 2 is 0.800 bits per heavy atom. The molecule has 0 radical (unpaired) electrons. The van der Waals surface area contributed by atoms with Gasteiger partial charge in [0.1, 0.15) is 0 Å². The Balaban J connectivity index is 2.73. The van der Waals surface area contributed by atoms with E-state index in [1.54, 1.807) is 21.2 Å². The summed E-state index contributed by atoms with van der Waals surface area (Å²) >= 11 is 0. The molecule has 0 amide bonds. The standard InChI is InChI=1S/C27H47P3/c1-20(2)29(10,21(3)4)26-18-14-12-16-24(26)28(9)25-17-13-15-19-27(25)30(11,22(5)6)23(7)8/h12-23,29-30H,1-11H3. The summed E-state index contributed by atoms with van der Waals surface area (Å²) in [5, 5.41) is 6.69. The maximum atomic E-state index is 2.62. The fraction of sp³-hybridized carbons (Fsp3) is 0.556. The molecule has 0 atom stereocenters. The molecule has 30 heavy (non-hydrogen) atoms. The molecule has 2 aromatic rings. The van der Waals surface area contributed by atoms with Crippen molar-refractivity contribution in [2.24, 2.45) is 0 Å². The first kappa shape index (κ1) is 26.0. The van der Waals surface area contributed by atoms with E-state index >= 15 is 0 Å². The molecule has 0 fully saturated rings. The van der Waals surface area contributed by atoms with E-state index in [9.17, 15) is 0 Å². The molecular formula is C27H47P3. The van der Waals surface area contributed by atoms with E-state index in [1.165, 1.54) is 0 Å². The second-order valence-corrected chi connectivity index (χ2v) is 23.7. The first-order valence-electron chi connectivity index (χ1n) is 11.8. The Kier molecular flexibility index (Phi) is 8.76. The second kappa shape index (κ2) is 10.1. The number of rotatable bonds is 8. The first-order valence-corrected chi connectivity index (χ1v) is 18.9. The maximum absolute atomic E-state index is 2.62. The van der Waals surface area contributed by atoms with Crippen molar-refractivity contribution in [2.75, 3.05) is 20.0 Å². The van der Waals surface area contributed by atoms with Crippen LogP contribution in [0.25, 0.3) is 0 Å². The van der Waals surface area contributed by atoms with Gasteiger partial charge in [-0.3, -0.25) is 0 Å². The van der Waals surface area contributed by atoms with Gasteiger partial charge in [0.2, 0.25) is 0 Å². The molecule has 0 aliphatic rings. The van der Waals surface area contributed by atoms with Gasteiger partial charge in [0.25, 0.3) is 0 Å². The van der Waals surface area contributed by atoms with Crippen molar-refractivity contribution < 1.29 is 0 Å². The number of benzene rings is 2. The van der Waals surface area contributed by atoms with Gasteiger partial charge < -0.3 is 0 Å². The van der Waals surface area contributed by atoms with Crippen LogP contribution in [0, 0.1) is 0 Å². The Morgan fingerprint density at radius 3 is 1.07 bits per heavy atom. The van der Waals surface area contributed by atoms with Crippen molar-refractivity contribution >= 4 is 43.7 Å². The molecule has 2 rings (SSSR count). The molecule has 3 heteroatoms. The summed E-state index contributed by atoms with van der Waals surface area (Å²) in [6.07, 6.45) is 0. The van der Waals surface area contributed by atoms with Crippen molar-refractivity contribution in [3.63, 3.8) is 0 Å². The molecule has 170 valence electrons. The summed E-state index contributed by atoms with van der Waals surface area (Å²) in [5.74, 6) is 0. The van der Waals surface area contributed by atoms with Crippen LogP contribution in [0.2, 0.25) is 0 Å². The third-order valence-electron chi connectivity index (χ3n) is 8.49. The summed E-state index contributed by atoms with van der Waals surface area (Å²) < 4.78 is 0. The number of hydrogen-bond donors (Lipinski definition) is 0. The van der Waals surface area contributed by atoms with Gasteiger partial charge in [-0.2, -0.15) is 0 Å². The van der Waals surface area contributed by atoms with E-state index < -0.39 is 14.5 Å². The molecule has 0 saturated heterocycles. The summed E-state index contributed by atoms with van der Waals surface area (Å²) in [7, 11) is -3.57. The van der Waals surface area contributed by atoms with E-state index in [-0.39, 0.29) is 7.92 Å². The fourth-order valence-corrected chi connectivity index (χ4v) is 16.7. The van der Waals surface area contributed by atoms with Crippen LogP contribution >= 0.6 is 22.4 Å². The van der Waals surface area contributed by atoms with E-state index in [2.05, 4.69) is 124 Å². The van der Waals surface area contributed by atoms with Crippen molar-refractivity contribution in [2.45, 2.75) is 78.0 Å². The molecule has 2 aromatic carbocycles. The van der Waals surface area contributed by atoms with Crippen LogP contribution in [0.5, 0.6) is 0 Å². The Bertz CT molecular complexity index is 750. The van der Waals surface area contributed by atoms with E-state index in [1.807, 2.05) is 0 Å². The third kappa shape index (κ3) is 4.59. The van der Waals surface area contributed by atoms with E-state index in [4.69, 9.17) is 0 Å². The van der Waals surface area contributed by atoms with Gasteiger partial charge in [0.05, 0.1) is 0 Å². The Morgan fingerprint density at radius 1 is 0.533 bits per heavy atom. The minimum absolute atomic E-state index is 0.371. The molecule has 0 unspecified atom stereocenters. The van der Waals surface area contributed by atoms with Gasteiger partial charge in [-0.05, 0) is 0 Å². The minimum atomic E-state index is -1.60. The molecule has 0 aromatic heterocycles. The summed E-state index contributed by atoms with van der Waals surface area (Å²) in [6, 6.07) is 19.0. The van der Waals surface area contributed by atoms with Crippen LogP contribution in [0.15, 0.2) is 48.5 Å². The summed E-state index contributed by atoms with van der Waals surface area (Å²) in [5.41, 5.74) is 2.96. The monoisotopic (exact) mass is 464 g/mol. The van der Waals surface area contributed by atoms with E-state index in [0.717, 1.165) is 22.6 Å². The first-order chi connectivity index (χ1) is 13.9. The molecule has 0 N–H and O–H groups in total. The zero-order valence-corrected chi connectivity index (χ0v) is 24.3. The number of hydrogen-bond acceptors (Lipinski definition) is 0. The van der Waals surface area contributed by atoms with Crippen molar-refractivity contribution in [3.05, 3.63) is 48.5 Å². The molecule has 0 saturated carbocycles.